The Kier molecular flexibility index (Phi) is 6.75. The van der Waals surface area contributed by atoms with E-state index in [0.717, 1.165) is 24.1 Å². The molecular weight excluding hydrogens is 440 g/mol. The molecule has 2 N–H and O–H groups in total. The lowest BCUT2D eigenvalue weighted by molar-refractivity contribution is -0.164. The Morgan fingerprint density at radius 3 is 2.58 bits per heavy atom. The minimum Gasteiger partial charge on any atom is -0.459 e. The van der Waals surface area contributed by atoms with Crippen LogP contribution in [0.2, 0.25) is 0 Å². The maximum atomic E-state index is 13.4. The van der Waals surface area contributed by atoms with Crippen LogP contribution in [0.15, 0.2) is 30.7 Å². The van der Waals surface area contributed by atoms with Gasteiger partial charge in [-0.15, -0.1) is 0 Å². The molecule has 0 aromatic carbocycles. The third kappa shape index (κ3) is 4.83. The number of hydrogen-bond donors (Lipinski definition) is 1. The van der Waals surface area contributed by atoms with E-state index < -0.39 is 34.7 Å². The first-order chi connectivity index (χ1) is 15.3. The highest BCUT2D eigenvalue weighted by atomic mass is 32.1. The van der Waals surface area contributed by atoms with E-state index in [1.807, 2.05) is 28.9 Å². The van der Waals surface area contributed by atoms with Crippen molar-refractivity contribution in [1.29, 1.82) is 0 Å². The number of pyridine rings is 1. The molecule has 1 aliphatic rings. The Labute approximate surface area is 200 Å². The molecule has 2 aromatic rings. The maximum absolute atomic E-state index is 13.4. The fraction of sp³-hybridized carbons (Fsp3) is 0.583. The number of hydrogen-bond acceptors (Lipinski definition) is 6. The third-order valence-electron chi connectivity index (χ3n) is 6.44. The molecule has 1 saturated carbocycles. The summed E-state index contributed by atoms with van der Waals surface area (Å²) in [4.78, 5) is 31.8. The SMILES string of the molecule is CN(C(=O)OC(C)(C)C)C(C)(C)C(=O)OC1CCCCC1(C(N)=S)c1ccc2nccn2c1. The van der Waals surface area contributed by atoms with Crippen LogP contribution >= 0.6 is 12.2 Å². The molecule has 2 aromatic heterocycles. The van der Waals surface area contributed by atoms with Crippen molar-refractivity contribution in [3.8, 4) is 0 Å². The molecule has 0 saturated heterocycles. The van der Waals surface area contributed by atoms with Gasteiger partial charge in [0.2, 0.25) is 0 Å². The predicted octanol–water partition coefficient (Wildman–Crippen LogP) is 3.99. The first-order valence-corrected chi connectivity index (χ1v) is 11.6. The number of fused-ring (bicyclic) bond motifs is 1. The molecule has 2 heterocycles. The fourth-order valence-electron chi connectivity index (χ4n) is 4.21. The van der Waals surface area contributed by atoms with E-state index >= 15 is 0 Å². The van der Waals surface area contributed by atoms with Gasteiger partial charge in [-0.05, 0) is 65.5 Å². The van der Waals surface area contributed by atoms with Gasteiger partial charge >= 0.3 is 12.1 Å². The van der Waals surface area contributed by atoms with Gasteiger partial charge in [0, 0.05) is 25.6 Å². The molecule has 0 aliphatic heterocycles. The summed E-state index contributed by atoms with van der Waals surface area (Å²) in [5.74, 6) is -0.535. The number of imidazole rings is 1. The van der Waals surface area contributed by atoms with Crippen LogP contribution in [0.5, 0.6) is 0 Å². The Bertz CT molecular complexity index is 1060. The summed E-state index contributed by atoms with van der Waals surface area (Å²) >= 11 is 5.57. The molecule has 8 nitrogen and oxygen atoms in total. The highest BCUT2D eigenvalue weighted by molar-refractivity contribution is 7.80. The third-order valence-corrected chi connectivity index (χ3v) is 6.80. The lowest BCUT2D eigenvalue weighted by atomic mass is 9.67. The minimum atomic E-state index is -1.25. The summed E-state index contributed by atoms with van der Waals surface area (Å²) in [5, 5.41) is 0. The molecule has 9 heteroatoms. The average Bonchev–Trinajstić information content (AvgIpc) is 3.20. The van der Waals surface area contributed by atoms with E-state index in [4.69, 9.17) is 27.4 Å². The molecule has 33 heavy (non-hydrogen) atoms. The van der Waals surface area contributed by atoms with Crippen molar-refractivity contribution in [2.24, 2.45) is 5.73 Å². The van der Waals surface area contributed by atoms with Gasteiger partial charge in [-0.1, -0.05) is 24.7 Å². The second kappa shape index (κ2) is 8.93. The summed E-state index contributed by atoms with van der Waals surface area (Å²) in [7, 11) is 1.53. The largest absolute Gasteiger partial charge is 0.459 e. The van der Waals surface area contributed by atoms with Gasteiger partial charge in [-0.3, -0.25) is 4.90 Å². The van der Waals surface area contributed by atoms with Crippen molar-refractivity contribution < 1.29 is 19.1 Å². The smallest absolute Gasteiger partial charge is 0.410 e. The Morgan fingerprint density at radius 1 is 1.24 bits per heavy atom. The molecule has 2 unspecified atom stereocenters. The predicted molar refractivity (Wildman–Crippen MR) is 130 cm³/mol. The minimum absolute atomic E-state index is 0.290. The normalized spacial score (nSPS) is 21.5. The van der Waals surface area contributed by atoms with Gasteiger partial charge in [0.15, 0.2) is 0 Å². The first kappa shape index (κ1) is 25.0. The van der Waals surface area contributed by atoms with Crippen molar-refractivity contribution in [1.82, 2.24) is 14.3 Å². The van der Waals surface area contributed by atoms with Gasteiger partial charge in [0.25, 0.3) is 0 Å². The van der Waals surface area contributed by atoms with Gasteiger partial charge < -0.3 is 19.6 Å². The first-order valence-electron chi connectivity index (χ1n) is 11.2. The van der Waals surface area contributed by atoms with E-state index in [9.17, 15) is 9.59 Å². The quantitative estimate of drug-likeness (QED) is 0.517. The summed E-state index contributed by atoms with van der Waals surface area (Å²) in [6.45, 7) is 8.61. The van der Waals surface area contributed by atoms with E-state index in [1.54, 1.807) is 40.8 Å². The number of carbonyl (C=O) groups excluding carboxylic acids is 2. The number of rotatable bonds is 5. The summed E-state index contributed by atoms with van der Waals surface area (Å²) in [5.41, 5.74) is 5.29. The van der Waals surface area contributed by atoms with Crippen LogP contribution in [0.4, 0.5) is 4.79 Å². The van der Waals surface area contributed by atoms with Crippen LogP contribution in [0.3, 0.4) is 0 Å². The Morgan fingerprint density at radius 2 is 1.94 bits per heavy atom. The van der Waals surface area contributed by atoms with Crippen LogP contribution in [0.1, 0.15) is 65.9 Å². The zero-order valence-electron chi connectivity index (χ0n) is 20.3. The van der Waals surface area contributed by atoms with Gasteiger partial charge in [0.1, 0.15) is 22.9 Å². The number of ether oxygens (including phenoxy) is 2. The zero-order valence-corrected chi connectivity index (χ0v) is 21.1. The molecule has 1 aliphatic carbocycles. The monoisotopic (exact) mass is 474 g/mol. The number of amides is 1. The van der Waals surface area contributed by atoms with Crippen LogP contribution in [-0.4, -0.2) is 55.6 Å². The van der Waals surface area contributed by atoms with Crippen molar-refractivity contribution >= 4 is 34.9 Å². The van der Waals surface area contributed by atoms with Crippen LogP contribution in [-0.2, 0) is 19.7 Å². The van der Waals surface area contributed by atoms with Crippen molar-refractivity contribution in [3.05, 3.63) is 36.3 Å². The van der Waals surface area contributed by atoms with Gasteiger partial charge in [0.05, 0.1) is 10.4 Å². The van der Waals surface area contributed by atoms with Gasteiger partial charge in [-0.25, -0.2) is 14.6 Å². The lowest BCUT2D eigenvalue weighted by Gasteiger charge is -2.44. The molecule has 180 valence electrons. The van der Waals surface area contributed by atoms with E-state index in [1.165, 1.54) is 11.9 Å². The maximum Gasteiger partial charge on any atom is 0.410 e. The number of aromatic nitrogens is 2. The van der Waals surface area contributed by atoms with Crippen molar-refractivity contribution in [2.45, 2.75) is 83.0 Å². The molecule has 1 fully saturated rings. The standard InChI is InChI=1S/C24H34N4O4S/c1-22(2,3)32-21(30)27(6)23(4,5)20(29)31-17-9-7-8-12-24(17,19(25)33)16-10-11-18-26-13-14-28(18)15-16/h10-11,13-15,17H,7-9,12H2,1-6H3,(H2,25,33). The lowest BCUT2D eigenvalue weighted by Crippen LogP contribution is -2.57. The molecular formula is C24H34N4O4S. The molecule has 2 atom stereocenters. The second-order valence-electron chi connectivity index (χ2n) is 10.2. The Balaban J connectivity index is 1.91. The molecule has 3 rings (SSSR count). The van der Waals surface area contributed by atoms with Crippen LogP contribution in [0.25, 0.3) is 5.65 Å². The number of likely N-dealkylation sites (N-methyl/N-ethyl adjacent to an activating group) is 1. The average molecular weight is 475 g/mol. The Hall–Kier alpha value is -2.68. The number of esters is 1. The number of thiocarbonyl (C=S) groups is 1. The second-order valence-corrected chi connectivity index (χ2v) is 10.6. The van der Waals surface area contributed by atoms with Crippen LogP contribution in [0, 0.1) is 0 Å². The molecule has 1 amide bonds. The van der Waals surface area contributed by atoms with Crippen LogP contribution < -0.4 is 5.73 Å². The van der Waals surface area contributed by atoms with E-state index in [0.29, 0.717) is 12.8 Å². The van der Waals surface area contributed by atoms with Crippen molar-refractivity contribution in [3.63, 3.8) is 0 Å². The summed E-state index contributed by atoms with van der Waals surface area (Å²) in [6, 6.07) is 3.86. The van der Waals surface area contributed by atoms with Crippen molar-refractivity contribution in [2.75, 3.05) is 7.05 Å². The topological polar surface area (TPSA) is 99.2 Å². The number of nitrogens with two attached hydrogens (primary N) is 1. The highest BCUT2D eigenvalue weighted by Gasteiger charge is 2.50. The molecule has 0 bridgehead atoms. The summed E-state index contributed by atoms with van der Waals surface area (Å²) < 4.78 is 13.4. The number of carbonyl (C=O) groups is 2. The number of nitrogens with zero attached hydrogens (tertiary/aromatic N) is 3. The van der Waals surface area contributed by atoms with E-state index in [2.05, 4.69) is 4.98 Å². The summed E-state index contributed by atoms with van der Waals surface area (Å²) in [6.07, 6.45) is 7.47. The molecule has 0 radical (unpaired) electrons. The highest BCUT2D eigenvalue weighted by Crippen LogP contribution is 2.42. The molecule has 0 spiro atoms. The van der Waals surface area contributed by atoms with E-state index in [-0.39, 0.29) is 4.99 Å². The zero-order chi connectivity index (χ0) is 24.6. The van der Waals surface area contributed by atoms with Gasteiger partial charge in [-0.2, -0.15) is 0 Å². The fourth-order valence-corrected chi connectivity index (χ4v) is 4.56.